The summed E-state index contributed by atoms with van der Waals surface area (Å²) in [6.07, 6.45) is 0.462. The van der Waals surface area contributed by atoms with Crippen molar-refractivity contribution in [3.8, 4) is 11.5 Å². The van der Waals surface area contributed by atoms with Crippen LogP contribution in [-0.4, -0.2) is 25.7 Å². The van der Waals surface area contributed by atoms with Gasteiger partial charge < -0.3 is 19.5 Å². The van der Waals surface area contributed by atoms with Crippen LogP contribution in [0.15, 0.2) is 36.4 Å². The Morgan fingerprint density at radius 1 is 1.23 bits per heavy atom. The van der Waals surface area contributed by atoms with E-state index in [0.717, 1.165) is 16.7 Å². The van der Waals surface area contributed by atoms with E-state index in [0.29, 0.717) is 31.1 Å². The number of benzene rings is 2. The SMILES string of the molecule is CCOC(=O)[C@@H]1Cc2c(ccc(OC)c2OCc2ccc(F)cc2)CN1. The third kappa shape index (κ3) is 3.96. The summed E-state index contributed by atoms with van der Waals surface area (Å²) in [6.45, 7) is 2.96. The zero-order valence-corrected chi connectivity index (χ0v) is 14.9. The van der Waals surface area contributed by atoms with Gasteiger partial charge in [0.1, 0.15) is 18.5 Å². The number of ether oxygens (including phenoxy) is 3. The Labute approximate surface area is 152 Å². The number of carbonyl (C=O) groups excluding carboxylic acids is 1. The normalized spacial score (nSPS) is 15.9. The summed E-state index contributed by atoms with van der Waals surface area (Å²) in [5.74, 6) is 0.665. The van der Waals surface area contributed by atoms with Gasteiger partial charge in [-0.25, -0.2) is 4.39 Å². The molecule has 2 aromatic carbocycles. The fraction of sp³-hybridized carbons (Fsp3) is 0.350. The molecule has 1 atom stereocenters. The van der Waals surface area contributed by atoms with Gasteiger partial charge in [0.05, 0.1) is 13.7 Å². The number of esters is 1. The molecule has 0 amide bonds. The minimum absolute atomic E-state index is 0.273. The molecule has 0 unspecified atom stereocenters. The van der Waals surface area contributed by atoms with Gasteiger partial charge in [0.2, 0.25) is 0 Å². The summed E-state index contributed by atoms with van der Waals surface area (Å²) < 4.78 is 29.6. The summed E-state index contributed by atoms with van der Waals surface area (Å²) in [4.78, 5) is 12.1. The lowest BCUT2D eigenvalue weighted by molar-refractivity contribution is -0.145. The molecule has 1 N–H and O–H groups in total. The Morgan fingerprint density at radius 2 is 2.00 bits per heavy atom. The van der Waals surface area contributed by atoms with Gasteiger partial charge >= 0.3 is 5.97 Å². The lowest BCUT2D eigenvalue weighted by Crippen LogP contribution is -2.42. The number of methoxy groups -OCH3 is 1. The number of halogens is 1. The van der Waals surface area contributed by atoms with Crippen LogP contribution >= 0.6 is 0 Å². The zero-order chi connectivity index (χ0) is 18.5. The van der Waals surface area contributed by atoms with E-state index in [2.05, 4.69) is 5.32 Å². The van der Waals surface area contributed by atoms with Crippen LogP contribution in [0.25, 0.3) is 0 Å². The molecule has 0 bridgehead atoms. The number of nitrogens with one attached hydrogen (secondary N) is 1. The van der Waals surface area contributed by atoms with Crippen LogP contribution in [0.2, 0.25) is 0 Å². The van der Waals surface area contributed by atoms with Gasteiger partial charge in [-0.1, -0.05) is 18.2 Å². The first-order valence-electron chi connectivity index (χ1n) is 8.58. The first-order chi connectivity index (χ1) is 12.6. The molecular formula is C20H22FNO4. The molecule has 1 heterocycles. The highest BCUT2D eigenvalue weighted by atomic mass is 19.1. The molecule has 0 aromatic heterocycles. The highest BCUT2D eigenvalue weighted by molar-refractivity contribution is 5.77. The highest BCUT2D eigenvalue weighted by Crippen LogP contribution is 2.37. The molecule has 3 rings (SSSR count). The van der Waals surface area contributed by atoms with Crippen molar-refractivity contribution >= 4 is 5.97 Å². The lowest BCUT2D eigenvalue weighted by atomic mass is 9.94. The van der Waals surface area contributed by atoms with Crippen LogP contribution in [0, 0.1) is 5.82 Å². The van der Waals surface area contributed by atoms with E-state index in [1.165, 1.54) is 12.1 Å². The van der Waals surface area contributed by atoms with Gasteiger partial charge in [-0.15, -0.1) is 0 Å². The summed E-state index contributed by atoms with van der Waals surface area (Å²) in [5, 5.41) is 3.19. The van der Waals surface area contributed by atoms with Crippen LogP contribution in [0.4, 0.5) is 4.39 Å². The summed E-state index contributed by atoms with van der Waals surface area (Å²) in [7, 11) is 1.58. The van der Waals surface area contributed by atoms with Crippen molar-refractivity contribution in [3.05, 3.63) is 58.9 Å². The van der Waals surface area contributed by atoms with Crippen LogP contribution in [0.3, 0.4) is 0 Å². The predicted octanol–water partition coefficient (Wildman–Crippen LogP) is 2.99. The number of fused-ring (bicyclic) bond motifs is 1. The molecule has 138 valence electrons. The molecule has 0 saturated heterocycles. The fourth-order valence-electron chi connectivity index (χ4n) is 3.01. The second-order valence-corrected chi connectivity index (χ2v) is 6.04. The standard InChI is InChI=1S/C20H22FNO4/c1-3-25-20(23)17-10-16-14(11-22-17)6-9-18(24-2)19(16)26-12-13-4-7-15(21)8-5-13/h4-9,17,22H,3,10-12H2,1-2H3/t17-/m0/s1. The summed E-state index contributed by atoms with van der Waals surface area (Å²) in [5.41, 5.74) is 2.84. The Bertz CT molecular complexity index is 776. The zero-order valence-electron chi connectivity index (χ0n) is 14.9. The fourth-order valence-corrected chi connectivity index (χ4v) is 3.01. The summed E-state index contributed by atoms with van der Waals surface area (Å²) in [6, 6.07) is 9.57. The van der Waals surface area contributed by atoms with Crippen molar-refractivity contribution in [1.29, 1.82) is 0 Å². The van der Waals surface area contributed by atoms with E-state index in [1.54, 1.807) is 26.2 Å². The first-order valence-corrected chi connectivity index (χ1v) is 8.58. The smallest absolute Gasteiger partial charge is 0.323 e. The van der Waals surface area contributed by atoms with Gasteiger partial charge in [-0.3, -0.25) is 4.79 Å². The molecular weight excluding hydrogens is 337 g/mol. The molecule has 2 aromatic rings. The molecule has 0 spiro atoms. The number of hydrogen-bond donors (Lipinski definition) is 1. The van der Waals surface area contributed by atoms with Crippen LogP contribution in [-0.2, 0) is 29.1 Å². The third-order valence-electron chi connectivity index (χ3n) is 4.36. The average Bonchev–Trinajstić information content (AvgIpc) is 2.67. The average molecular weight is 359 g/mol. The van der Waals surface area contributed by atoms with E-state index >= 15 is 0 Å². The third-order valence-corrected chi connectivity index (χ3v) is 4.36. The van der Waals surface area contributed by atoms with E-state index in [-0.39, 0.29) is 18.4 Å². The van der Waals surface area contributed by atoms with E-state index in [4.69, 9.17) is 14.2 Å². The molecule has 1 aliphatic heterocycles. The van der Waals surface area contributed by atoms with Crippen LogP contribution in [0.1, 0.15) is 23.6 Å². The number of rotatable bonds is 6. The molecule has 1 aliphatic rings. The van der Waals surface area contributed by atoms with Crippen LogP contribution < -0.4 is 14.8 Å². The first kappa shape index (κ1) is 18.2. The summed E-state index contributed by atoms with van der Waals surface area (Å²) >= 11 is 0. The Hall–Kier alpha value is -2.60. The Morgan fingerprint density at radius 3 is 2.69 bits per heavy atom. The highest BCUT2D eigenvalue weighted by Gasteiger charge is 2.29. The minimum Gasteiger partial charge on any atom is -0.493 e. The van der Waals surface area contributed by atoms with Gasteiger partial charge in [0.25, 0.3) is 0 Å². The quantitative estimate of drug-likeness (QED) is 0.804. The van der Waals surface area contributed by atoms with E-state index < -0.39 is 6.04 Å². The van der Waals surface area contributed by atoms with Crippen molar-refractivity contribution in [3.63, 3.8) is 0 Å². The van der Waals surface area contributed by atoms with Crippen molar-refractivity contribution in [2.45, 2.75) is 32.5 Å². The van der Waals surface area contributed by atoms with Crippen molar-refractivity contribution in [1.82, 2.24) is 5.32 Å². The maximum Gasteiger partial charge on any atom is 0.323 e. The van der Waals surface area contributed by atoms with Crippen molar-refractivity contribution < 1.29 is 23.4 Å². The largest absolute Gasteiger partial charge is 0.493 e. The molecule has 6 heteroatoms. The topological polar surface area (TPSA) is 56.8 Å². The molecule has 0 radical (unpaired) electrons. The van der Waals surface area contributed by atoms with Gasteiger partial charge in [0.15, 0.2) is 11.5 Å². The monoisotopic (exact) mass is 359 g/mol. The van der Waals surface area contributed by atoms with Gasteiger partial charge in [-0.05, 0) is 36.2 Å². The minimum atomic E-state index is -0.414. The van der Waals surface area contributed by atoms with Gasteiger partial charge in [0, 0.05) is 18.5 Å². The molecule has 26 heavy (non-hydrogen) atoms. The Balaban J connectivity index is 1.84. The van der Waals surface area contributed by atoms with Crippen LogP contribution in [0.5, 0.6) is 11.5 Å². The maximum absolute atomic E-state index is 13.1. The molecule has 0 saturated carbocycles. The van der Waals surface area contributed by atoms with Crippen molar-refractivity contribution in [2.24, 2.45) is 0 Å². The second-order valence-electron chi connectivity index (χ2n) is 6.04. The van der Waals surface area contributed by atoms with Gasteiger partial charge in [-0.2, -0.15) is 0 Å². The molecule has 0 fully saturated rings. The second kappa shape index (κ2) is 8.19. The van der Waals surface area contributed by atoms with E-state index in [9.17, 15) is 9.18 Å². The Kier molecular flexibility index (Phi) is 5.73. The van der Waals surface area contributed by atoms with E-state index in [1.807, 2.05) is 12.1 Å². The lowest BCUT2D eigenvalue weighted by Gasteiger charge is -2.27. The predicted molar refractivity (Wildman–Crippen MR) is 94.7 cm³/mol. The molecule has 0 aliphatic carbocycles. The maximum atomic E-state index is 13.1. The number of carbonyl (C=O) groups is 1. The molecule has 5 nitrogen and oxygen atoms in total. The van der Waals surface area contributed by atoms with Crippen molar-refractivity contribution in [2.75, 3.05) is 13.7 Å². The number of hydrogen-bond acceptors (Lipinski definition) is 5.